The molecule has 36 heavy (non-hydrogen) atoms. The van der Waals surface area contributed by atoms with Crippen LogP contribution in [-0.4, -0.2) is 40.7 Å². The molecule has 0 spiro atoms. The lowest BCUT2D eigenvalue weighted by Crippen LogP contribution is -2.50. The van der Waals surface area contributed by atoms with Crippen molar-refractivity contribution in [1.29, 1.82) is 0 Å². The van der Waals surface area contributed by atoms with Crippen LogP contribution in [0.4, 0.5) is 0 Å². The summed E-state index contributed by atoms with van der Waals surface area (Å²) in [7, 11) is 0. The highest BCUT2D eigenvalue weighted by atomic mass is 16.5. The molecule has 3 aliphatic heterocycles. The van der Waals surface area contributed by atoms with E-state index in [1.54, 1.807) is 12.1 Å². The SMILES string of the molecule is Cc1cc(=O)oc2c3c(cc(OCC(=O)N4C[C@@H]5C[C@@H](C4)c4cccc(=O)n4C5)c12)OC(C)(C)CC3. The van der Waals surface area contributed by atoms with Gasteiger partial charge in [-0.15, -0.1) is 0 Å². The molecule has 0 unspecified atom stereocenters. The number of aryl methyl sites for hydroxylation is 2. The first-order valence-corrected chi connectivity index (χ1v) is 12.6. The number of pyridine rings is 1. The second-order valence-electron chi connectivity index (χ2n) is 11.0. The van der Waals surface area contributed by atoms with Crippen LogP contribution in [0.3, 0.4) is 0 Å². The Morgan fingerprint density at radius 3 is 2.83 bits per heavy atom. The number of nitrogens with zero attached hydrogens (tertiary/aromatic N) is 2. The van der Waals surface area contributed by atoms with Gasteiger partial charge in [0, 0.05) is 55.0 Å². The molecule has 3 aromatic rings. The van der Waals surface area contributed by atoms with Crippen molar-refractivity contribution in [3.8, 4) is 11.5 Å². The smallest absolute Gasteiger partial charge is 0.336 e. The zero-order valence-corrected chi connectivity index (χ0v) is 20.8. The molecular formula is C28H30N2O6. The maximum Gasteiger partial charge on any atom is 0.336 e. The number of piperidine rings is 1. The van der Waals surface area contributed by atoms with Crippen LogP contribution in [0, 0.1) is 12.8 Å². The van der Waals surface area contributed by atoms with Crippen molar-refractivity contribution < 1.29 is 18.7 Å². The maximum atomic E-state index is 13.3. The number of likely N-dealkylation sites (tertiary alicyclic amines) is 1. The number of fused-ring (bicyclic) bond motifs is 7. The Morgan fingerprint density at radius 2 is 2.00 bits per heavy atom. The first-order valence-electron chi connectivity index (χ1n) is 12.6. The maximum absolute atomic E-state index is 13.3. The molecule has 1 aromatic carbocycles. The van der Waals surface area contributed by atoms with Crippen molar-refractivity contribution in [1.82, 2.24) is 9.47 Å². The molecule has 0 aliphatic carbocycles. The van der Waals surface area contributed by atoms with E-state index < -0.39 is 5.63 Å². The molecule has 0 N–H and O–H groups in total. The minimum atomic E-state index is -0.417. The highest BCUT2D eigenvalue weighted by Gasteiger charge is 2.36. The van der Waals surface area contributed by atoms with Gasteiger partial charge in [-0.2, -0.15) is 0 Å². The fourth-order valence-corrected chi connectivity index (χ4v) is 6.07. The third-order valence-electron chi connectivity index (χ3n) is 7.79. The number of amides is 1. The Bertz CT molecular complexity index is 1500. The van der Waals surface area contributed by atoms with Crippen LogP contribution < -0.4 is 20.7 Å². The number of rotatable bonds is 3. The Kier molecular flexibility index (Phi) is 5.24. The zero-order chi connectivity index (χ0) is 25.2. The van der Waals surface area contributed by atoms with E-state index in [-0.39, 0.29) is 35.5 Å². The summed E-state index contributed by atoms with van der Waals surface area (Å²) in [6.07, 6.45) is 2.51. The molecule has 2 bridgehead atoms. The second-order valence-corrected chi connectivity index (χ2v) is 11.0. The van der Waals surface area contributed by atoms with Gasteiger partial charge in [0.15, 0.2) is 6.61 Å². The predicted molar refractivity (Wildman–Crippen MR) is 134 cm³/mol. The van der Waals surface area contributed by atoms with Crippen molar-refractivity contribution in [3.05, 3.63) is 67.9 Å². The third kappa shape index (κ3) is 3.88. The first kappa shape index (κ1) is 22.9. The predicted octanol–water partition coefficient (Wildman–Crippen LogP) is 3.39. The number of carbonyl (C=O) groups is 1. The molecule has 0 radical (unpaired) electrons. The largest absolute Gasteiger partial charge is 0.487 e. The molecule has 188 valence electrons. The lowest BCUT2D eigenvalue weighted by atomic mass is 9.83. The molecule has 0 saturated carbocycles. The van der Waals surface area contributed by atoms with Crippen molar-refractivity contribution in [2.45, 2.75) is 58.1 Å². The lowest BCUT2D eigenvalue weighted by Gasteiger charge is -2.42. The van der Waals surface area contributed by atoms with Gasteiger partial charge in [-0.3, -0.25) is 9.59 Å². The Morgan fingerprint density at radius 1 is 1.17 bits per heavy atom. The molecule has 2 aromatic heterocycles. The molecule has 1 saturated heterocycles. The highest BCUT2D eigenvalue weighted by Crippen LogP contribution is 2.43. The van der Waals surface area contributed by atoms with E-state index in [0.29, 0.717) is 42.1 Å². The minimum Gasteiger partial charge on any atom is -0.487 e. The average molecular weight is 491 g/mol. The lowest BCUT2D eigenvalue weighted by molar-refractivity contribution is -0.136. The van der Waals surface area contributed by atoms with Crippen LogP contribution in [0.5, 0.6) is 11.5 Å². The standard InChI is InChI=1S/C28H30N2O6/c1-16-9-25(33)35-27-19-7-8-28(2,3)36-21(19)11-22(26(16)27)34-15-24(32)29-12-17-10-18(14-29)20-5-4-6-23(31)30(20)13-17/h4-6,9,11,17-18H,7-8,10,12-15H2,1-3H3/t17-,18-/m0/s1. The van der Waals surface area contributed by atoms with Gasteiger partial charge in [0.1, 0.15) is 22.7 Å². The van der Waals surface area contributed by atoms with E-state index in [2.05, 4.69) is 0 Å². The van der Waals surface area contributed by atoms with Gasteiger partial charge in [0.25, 0.3) is 11.5 Å². The molecule has 1 fully saturated rings. The van der Waals surface area contributed by atoms with Crippen LogP contribution in [-0.2, 0) is 17.8 Å². The fourth-order valence-electron chi connectivity index (χ4n) is 6.07. The monoisotopic (exact) mass is 490 g/mol. The number of hydrogen-bond donors (Lipinski definition) is 0. The number of benzene rings is 1. The Balaban J connectivity index is 1.27. The van der Waals surface area contributed by atoms with Gasteiger partial charge in [0.05, 0.1) is 5.39 Å². The minimum absolute atomic E-state index is 0.0250. The molecule has 8 nitrogen and oxygen atoms in total. The van der Waals surface area contributed by atoms with Gasteiger partial charge in [-0.05, 0) is 57.6 Å². The van der Waals surface area contributed by atoms with Gasteiger partial charge >= 0.3 is 5.63 Å². The van der Waals surface area contributed by atoms with E-state index in [0.717, 1.165) is 36.1 Å². The summed E-state index contributed by atoms with van der Waals surface area (Å²) in [5, 5.41) is 0.702. The van der Waals surface area contributed by atoms with Crippen LogP contribution in [0.25, 0.3) is 11.0 Å². The Hall–Kier alpha value is -3.55. The van der Waals surface area contributed by atoms with E-state index in [9.17, 15) is 14.4 Å². The summed E-state index contributed by atoms with van der Waals surface area (Å²) in [5.41, 5.74) is 2.35. The van der Waals surface area contributed by atoms with E-state index in [4.69, 9.17) is 13.9 Å². The van der Waals surface area contributed by atoms with Crippen LogP contribution in [0.1, 0.15) is 49.4 Å². The van der Waals surface area contributed by atoms with E-state index >= 15 is 0 Å². The van der Waals surface area contributed by atoms with Gasteiger partial charge in [0.2, 0.25) is 0 Å². The van der Waals surface area contributed by atoms with Crippen molar-refractivity contribution in [2.24, 2.45) is 5.92 Å². The first-order chi connectivity index (χ1) is 17.2. The van der Waals surface area contributed by atoms with Crippen molar-refractivity contribution in [3.63, 3.8) is 0 Å². The second kappa shape index (κ2) is 8.25. The normalized spacial score (nSPS) is 21.9. The summed E-state index contributed by atoms with van der Waals surface area (Å²) in [4.78, 5) is 39.6. The number of ether oxygens (including phenoxy) is 2. The fraction of sp³-hybridized carbons (Fsp3) is 0.464. The molecule has 8 heteroatoms. The summed E-state index contributed by atoms with van der Waals surface area (Å²) >= 11 is 0. The topological polar surface area (TPSA) is 91.0 Å². The van der Waals surface area contributed by atoms with E-state index in [1.807, 2.05) is 42.4 Å². The van der Waals surface area contributed by atoms with Gasteiger partial charge in [-0.1, -0.05) is 6.07 Å². The number of aromatic nitrogens is 1. The molecule has 5 heterocycles. The van der Waals surface area contributed by atoms with E-state index in [1.165, 1.54) is 6.07 Å². The Labute approximate surface area is 208 Å². The summed E-state index contributed by atoms with van der Waals surface area (Å²) < 4.78 is 19.8. The number of hydrogen-bond acceptors (Lipinski definition) is 6. The third-order valence-corrected chi connectivity index (χ3v) is 7.79. The zero-order valence-electron chi connectivity index (χ0n) is 20.8. The quantitative estimate of drug-likeness (QED) is 0.523. The molecule has 6 rings (SSSR count). The van der Waals surface area contributed by atoms with Gasteiger partial charge in [-0.25, -0.2) is 4.79 Å². The van der Waals surface area contributed by atoms with Crippen LogP contribution in [0.15, 0.2) is 44.3 Å². The summed E-state index contributed by atoms with van der Waals surface area (Å²) in [6, 6.07) is 8.65. The highest BCUT2D eigenvalue weighted by molar-refractivity contribution is 5.91. The van der Waals surface area contributed by atoms with Crippen LogP contribution >= 0.6 is 0 Å². The molecular weight excluding hydrogens is 460 g/mol. The van der Waals surface area contributed by atoms with Crippen molar-refractivity contribution in [2.75, 3.05) is 19.7 Å². The molecule has 1 amide bonds. The summed E-state index contributed by atoms with van der Waals surface area (Å²) in [6.45, 7) is 7.58. The summed E-state index contributed by atoms with van der Waals surface area (Å²) in [5.74, 6) is 1.40. The van der Waals surface area contributed by atoms with Crippen molar-refractivity contribution >= 4 is 16.9 Å². The number of carbonyl (C=O) groups excluding carboxylic acids is 1. The molecule has 2 atom stereocenters. The molecule has 3 aliphatic rings. The van der Waals surface area contributed by atoms with Gasteiger partial charge < -0.3 is 23.4 Å². The van der Waals surface area contributed by atoms with Crippen LogP contribution in [0.2, 0.25) is 0 Å². The average Bonchev–Trinajstić information content (AvgIpc) is 2.81.